The molecule has 0 aliphatic heterocycles. The number of hydrogen-bond donors (Lipinski definition) is 1. The van der Waals surface area contributed by atoms with Gasteiger partial charge in [0, 0.05) is 11.3 Å². The van der Waals surface area contributed by atoms with Crippen molar-refractivity contribution < 1.29 is 9.53 Å². The van der Waals surface area contributed by atoms with Crippen LogP contribution in [0.4, 0.5) is 5.69 Å². The summed E-state index contributed by atoms with van der Waals surface area (Å²) in [4.78, 5) is 12.2. The first-order valence-electron chi connectivity index (χ1n) is 7.99. The summed E-state index contributed by atoms with van der Waals surface area (Å²) in [5.74, 6) is 1.14. The maximum Gasteiger partial charge on any atom is 0.255 e. The molecule has 7 nitrogen and oxygen atoms in total. The summed E-state index contributed by atoms with van der Waals surface area (Å²) in [7, 11) is 0. The number of ether oxygens (including phenoxy) is 1. The summed E-state index contributed by atoms with van der Waals surface area (Å²) in [6.07, 6.45) is 0. The highest BCUT2D eigenvalue weighted by molar-refractivity contribution is 6.04. The van der Waals surface area contributed by atoms with E-state index in [1.807, 2.05) is 44.2 Å². The van der Waals surface area contributed by atoms with E-state index in [-0.39, 0.29) is 18.6 Å². The zero-order valence-electron chi connectivity index (χ0n) is 14.1. The number of anilines is 1. The topological polar surface area (TPSA) is 81.9 Å². The van der Waals surface area contributed by atoms with Crippen molar-refractivity contribution >= 4 is 11.6 Å². The van der Waals surface area contributed by atoms with Gasteiger partial charge in [-0.3, -0.25) is 4.79 Å². The predicted octanol–water partition coefficient (Wildman–Crippen LogP) is 3.09. The lowest BCUT2D eigenvalue weighted by Gasteiger charge is -2.10. The molecule has 0 saturated heterocycles. The molecule has 0 radical (unpaired) electrons. The second-order valence-corrected chi connectivity index (χ2v) is 5.77. The van der Waals surface area contributed by atoms with Crippen LogP contribution in [-0.4, -0.2) is 26.1 Å². The van der Waals surface area contributed by atoms with E-state index < -0.39 is 0 Å². The minimum atomic E-state index is -0.165. The molecule has 1 amide bonds. The minimum Gasteiger partial charge on any atom is -0.486 e. The fourth-order valence-electron chi connectivity index (χ4n) is 2.28. The van der Waals surface area contributed by atoms with Crippen molar-refractivity contribution in [2.24, 2.45) is 0 Å². The lowest BCUT2D eigenvalue weighted by Crippen LogP contribution is -2.12. The Labute approximate surface area is 145 Å². The zero-order chi connectivity index (χ0) is 17.6. The SMILES string of the molecule is CC(C)n1nnnc1COc1ccc(C(=O)Nc2ccccc2)cc1. The minimum absolute atomic E-state index is 0.164. The molecule has 1 aromatic heterocycles. The number of amides is 1. The molecule has 0 fully saturated rings. The molecule has 0 atom stereocenters. The molecular formula is C18H19N5O2. The maximum atomic E-state index is 12.2. The molecule has 2 aromatic carbocycles. The largest absolute Gasteiger partial charge is 0.486 e. The molecule has 0 aliphatic carbocycles. The van der Waals surface area contributed by atoms with E-state index in [2.05, 4.69) is 20.8 Å². The summed E-state index contributed by atoms with van der Waals surface area (Å²) < 4.78 is 7.41. The van der Waals surface area contributed by atoms with Crippen LogP contribution < -0.4 is 10.1 Å². The fraction of sp³-hybridized carbons (Fsp3) is 0.222. The second kappa shape index (κ2) is 7.57. The van der Waals surface area contributed by atoms with Crippen molar-refractivity contribution in [2.45, 2.75) is 26.5 Å². The Balaban J connectivity index is 1.60. The lowest BCUT2D eigenvalue weighted by atomic mass is 10.2. The Morgan fingerprint density at radius 2 is 1.84 bits per heavy atom. The first-order chi connectivity index (χ1) is 12.1. The molecule has 1 heterocycles. The molecule has 25 heavy (non-hydrogen) atoms. The molecular weight excluding hydrogens is 318 g/mol. The van der Waals surface area contributed by atoms with Gasteiger partial charge in [0.05, 0.1) is 6.04 Å². The predicted molar refractivity (Wildman–Crippen MR) is 93.4 cm³/mol. The van der Waals surface area contributed by atoms with E-state index in [1.165, 1.54) is 0 Å². The number of carbonyl (C=O) groups excluding carboxylic acids is 1. The molecule has 1 N–H and O–H groups in total. The maximum absolute atomic E-state index is 12.2. The van der Waals surface area contributed by atoms with E-state index in [1.54, 1.807) is 28.9 Å². The Hall–Kier alpha value is -3.22. The van der Waals surface area contributed by atoms with Crippen molar-refractivity contribution in [1.29, 1.82) is 0 Å². The number of nitrogens with zero attached hydrogens (tertiary/aromatic N) is 4. The first-order valence-corrected chi connectivity index (χ1v) is 7.99. The van der Waals surface area contributed by atoms with Gasteiger partial charge >= 0.3 is 0 Å². The number of hydrogen-bond acceptors (Lipinski definition) is 5. The Kier molecular flexibility index (Phi) is 5.03. The van der Waals surface area contributed by atoms with Gasteiger partial charge in [-0.15, -0.1) is 5.10 Å². The summed E-state index contributed by atoms with van der Waals surface area (Å²) in [5, 5.41) is 14.4. The number of benzene rings is 2. The van der Waals surface area contributed by atoms with Gasteiger partial charge in [-0.25, -0.2) is 4.68 Å². The number of para-hydroxylation sites is 1. The van der Waals surface area contributed by atoms with Crippen LogP contribution in [0.2, 0.25) is 0 Å². The third kappa shape index (κ3) is 4.20. The van der Waals surface area contributed by atoms with Gasteiger partial charge in [0.25, 0.3) is 5.91 Å². The molecule has 0 aliphatic rings. The number of nitrogens with one attached hydrogen (secondary N) is 1. The van der Waals surface area contributed by atoms with Gasteiger partial charge in [0.1, 0.15) is 12.4 Å². The summed E-state index contributed by atoms with van der Waals surface area (Å²) in [6.45, 7) is 4.26. The molecule has 3 rings (SSSR count). The van der Waals surface area contributed by atoms with Gasteiger partial charge in [-0.05, 0) is 60.7 Å². The average Bonchev–Trinajstić information content (AvgIpc) is 3.10. The van der Waals surface area contributed by atoms with Crippen LogP contribution >= 0.6 is 0 Å². The van der Waals surface area contributed by atoms with Gasteiger partial charge in [0.2, 0.25) is 0 Å². The van der Waals surface area contributed by atoms with E-state index in [0.29, 0.717) is 17.1 Å². The number of aromatic nitrogens is 4. The smallest absolute Gasteiger partial charge is 0.255 e. The summed E-state index contributed by atoms with van der Waals surface area (Å²) in [5.41, 5.74) is 1.32. The van der Waals surface area contributed by atoms with Crippen LogP contribution in [0.3, 0.4) is 0 Å². The highest BCUT2D eigenvalue weighted by Crippen LogP contribution is 2.16. The fourth-order valence-corrected chi connectivity index (χ4v) is 2.28. The van der Waals surface area contributed by atoms with Gasteiger partial charge in [-0.1, -0.05) is 18.2 Å². The molecule has 0 spiro atoms. The van der Waals surface area contributed by atoms with Crippen LogP contribution in [0.5, 0.6) is 5.75 Å². The van der Waals surface area contributed by atoms with E-state index in [9.17, 15) is 4.79 Å². The molecule has 3 aromatic rings. The highest BCUT2D eigenvalue weighted by atomic mass is 16.5. The van der Waals surface area contributed by atoms with Crippen LogP contribution in [0, 0.1) is 0 Å². The molecule has 7 heteroatoms. The van der Waals surface area contributed by atoms with Crippen LogP contribution in [0.25, 0.3) is 0 Å². The summed E-state index contributed by atoms with van der Waals surface area (Å²) >= 11 is 0. The molecule has 128 valence electrons. The van der Waals surface area contributed by atoms with E-state index in [0.717, 1.165) is 5.69 Å². The van der Waals surface area contributed by atoms with Crippen LogP contribution in [0.1, 0.15) is 36.1 Å². The second-order valence-electron chi connectivity index (χ2n) is 5.77. The van der Waals surface area contributed by atoms with Crippen molar-refractivity contribution in [3.63, 3.8) is 0 Å². The molecule has 0 bridgehead atoms. The monoisotopic (exact) mass is 337 g/mol. The standard InChI is InChI=1S/C18H19N5O2/c1-13(2)23-17(20-21-22-23)12-25-16-10-8-14(9-11-16)18(24)19-15-6-4-3-5-7-15/h3-11,13H,12H2,1-2H3,(H,19,24). The van der Waals surface area contributed by atoms with Crippen LogP contribution in [-0.2, 0) is 6.61 Å². The Bertz CT molecular complexity index is 828. The zero-order valence-corrected chi connectivity index (χ0v) is 14.1. The summed E-state index contributed by atoms with van der Waals surface area (Å²) in [6, 6.07) is 16.4. The van der Waals surface area contributed by atoms with Gasteiger partial charge in [-0.2, -0.15) is 0 Å². The normalized spacial score (nSPS) is 10.7. The number of tetrazole rings is 1. The quantitative estimate of drug-likeness (QED) is 0.747. The van der Waals surface area contributed by atoms with Crippen LogP contribution in [0.15, 0.2) is 54.6 Å². The highest BCUT2D eigenvalue weighted by Gasteiger charge is 2.10. The average molecular weight is 337 g/mol. The third-order valence-corrected chi connectivity index (χ3v) is 3.57. The number of carbonyl (C=O) groups is 1. The molecule has 0 unspecified atom stereocenters. The first kappa shape index (κ1) is 16.6. The third-order valence-electron chi connectivity index (χ3n) is 3.57. The van der Waals surface area contributed by atoms with Gasteiger partial charge < -0.3 is 10.1 Å². The van der Waals surface area contributed by atoms with E-state index in [4.69, 9.17) is 4.74 Å². The number of rotatable bonds is 6. The Morgan fingerprint density at radius 1 is 1.12 bits per heavy atom. The van der Waals surface area contributed by atoms with Crippen molar-refractivity contribution in [1.82, 2.24) is 20.2 Å². The Morgan fingerprint density at radius 3 is 2.52 bits per heavy atom. The van der Waals surface area contributed by atoms with Crippen molar-refractivity contribution in [3.8, 4) is 5.75 Å². The van der Waals surface area contributed by atoms with Gasteiger partial charge in [0.15, 0.2) is 5.82 Å². The van der Waals surface area contributed by atoms with E-state index >= 15 is 0 Å². The van der Waals surface area contributed by atoms with Crippen molar-refractivity contribution in [3.05, 3.63) is 66.0 Å². The van der Waals surface area contributed by atoms with Crippen molar-refractivity contribution in [2.75, 3.05) is 5.32 Å². The lowest BCUT2D eigenvalue weighted by molar-refractivity contribution is 0.102. The molecule has 0 saturated carbocycles.